The zero-order valence-electron chi connectivity index (χ0n) is 11.6. The molecule has 0 spiro atoms. The number of hydrogen-bond donors (Lipinski definition) is 2. The van der Waals surface area contributed by atoms with Gasteiger partial charge in [-0.25, -0.2) is 13.6 Å². The van der Waals surface area contributed by atoms with E-state index in [1.54, 1.807) is 18.2 Å². The molecule has 1 unspecified atom stereocenters. The van der Waals surface area contributed by atoms with Crippen LogP contribution in [0.5, 0.6) is 0 Å². The summed E-state index contributed by atoms with van der Waals surface area (Å²) in [6.45, 7) is 0.265. The van der Waals surface area contributed by atoms with Gasteiger partial charge in [0.2, 0.25) is 10.0 Å². The molecular formula is C13H19N3O4S. The molecule has 1 atom stereocenters. The molecule has 1 saturated carbocycles. The molecule has 0 saturated heterocycles. The van der Waals surface area contributed by atoms with E-state index in [4.69, 9.17) is 5.14 Å². The quantitative estimate of drug-likeness (QED) is 0.544. The molecule has 7 nitrogen and oxygen atoms in total. The number of nitro benzene ring substituents is 1. The Balaban J connectivity index is 2.02. The Bertz CT molecular complexity index is 614. The maximum atomic E-state index is 11.0. The third-order valence-electron chi connectivity index (χ3n) is 3.61. The summed E-state index contributed by atoms with van der Waals surface area (Å²) in [5.41, 5.74) is 0.777. The van der Waals surface area contributed by atoms with Gasteiger partial charge in [0.1, 0.15) is 0 Å². The third kappa shape index (κ3) is 5.07. The maximum Gasteiger partial charge on any atom is 0.272 e. The number of nitro groups is 1. The second-order valence-corrected chi connectivity index (χ2v) is 7.09. The topological polar surface area (TPSA) is 115 Å². The Kier molecular flexibility index (Phi) is 4.92. The average molecular weight is 313 g/mol. The standard InChI is InChI=1S/C13H19N3O4S/c14-21(19,20)8-7-15-12(10-5-6-10)9-11-3-1-2-4-13(11)16(17)18/h1-4,10,12,15H,5-9H2,(H2,14,19,20). The second kappa shape index (κ2) is 6.50. The van der Waals surface area contributed by atoms with Crippen LogP contribution in [0.25, 0.3) is 0 Å². The molecule has 1 aliphatic carbocycles. The first-order valence-electron chi connectivity index (χ1n) is 6.83. The molecule has 0 aliphatic heterocycles. The lowest BCUT2D eigenvalue weighted by atomic mass is 10.0. The Labute approximate surface area is 123 Å². The van der Waals surface area contributed by atoms with Gasteiger partial charge in [-0.15, -0.1) is 0 Å². The lowest BCUT2D eigenvalue weighted by Gasteiger charge is -2.18. The largest absolute Gasteiger partial charge is 0.312 e. The molecule has 3 N–H and O–H groups in total. The van der Waals surface area contributed by atoms with Crippen molar-refractivity contribution < 1.29 is 13.3 Å². The smallest absolute Gasteiger partial charge is 0.272 e. The van der Waals surface area contributed by atoms with Gasteiger partial charge in [0.25, 0.3) is 5.69 Å². The van der Waals surface area contributed by atoms with Crippen LogP contribution in [0, 0.1) is 16.0 Å². The summed E-state index contributed by atoms with van der Waals surface area (Å²) in [6.07, 6.45) is 2.65. The number of nitrogens with one attached hydrogen (secondary N) is 1. The Hall–Kier alpha value is -1.51. The summed E-state index contributed by atoms with van der Waals surface area (Å²) in [4.78, 5) is 10.6. The molecule has 1 aliphatic rings. The summed E-state index contributed by atoms with van der Waals surface area (Å²) in [6, 6.07) is 6.70. The summed E-state index contributed by atoms with van der Waals surface area (Å²) in [5.74, 6) is 0.317. The molecule has 0 amide bonds. The van der Waals surface area contributed by atoms with E-state index in [0.717, 1.165) is 12.8 Å². The van der Waals surface area contributed by atoms with Crippen molar-refractivity contribution >= 4 is 15.7 Å². The predicted molar refractivity (Wildman–Crippen MR) is 79.3 cm³/mol. The Morgan fingerprint density at radius 1 is 1.38 bits per heavy atom. The van der Waals surface area contributed by atoms with Crippen molar-refractivity contribution in [3.8, 4) is 0 Å². The summed E-state index contributed by atoms with van der Waals surface area (Å²) in [7, 11) is -3.49. The molecule has 0 heterocycles. The van der Waals surface area contributed by atoms with Gasteiger partial charge in [0.15, 0.2) is 0 Å². The van der Waals surface area contributed by atoms with Crippen LogP contribution in [0.4, 0.5) is 5.69 Å². The van der Waals surface area contributed by atoms with Gasteiger partial charge >= 0.3 is 0 Å². The minimum absolute atomic E-state index is 0.0489. The third-order valence-corrected chi connectivity index (χ3v) is 4.39. The number of benzene rings is 1. The minimum Gasteiger partial charge on any atom is -0.312 e. The van der Waals surface area contributed by atoms with Crippen molar-refractivity contribution in [3.63, 3.8) is 0 Å². The zero-order valence-corrected chi connectivity index (χ0v) is 12.4. The normalized spacial score (nSPS) is 16.6. The van der Waals surface area contributed by atoms with Crippen LogP contribution in [0.3, 0.4) is 0 Å². The lowest BCUT2D eigenvalue weighted by Crippen LogP contribution is -2.37. The molecular weight excluding hydrogens is 294 g/mol. The van der Waals surface area contributed by atoms with E-state index in [-0.39, 0.29) is 29.0 Å². The van der Waals surface area contributed by atoms with Crippen LogP contribution in [-0.4, -0.2) is 31.7 Å². The van der Waals surface area contributed by atoms with Crippen molar-refractivity contribution in [2.24, 2.45) is 11.1 Å². The fourth-order valence-electron chi connectivity index (χ4n) is 2.39. The maximum absolute atomic E-state index is 11.0. The van der Waals surface area contributed by atoms with Crippen LogP contribution < -0.4 is 10.5 Å². The molecule has 8 heteroatoms. The van der Waals surface area contributed by atoms with Crippen LogP contribution in [-0.2, 0) is 16.4 Å². The van der Waals surface area contributed by atoms with E-state index in [2.05, 4.69) is 5.32 Å². The van der Waals surface area contributed by atoms with Gasteiger partial charge in [-0.3, -0.25) is 10.1 Å². The van der Waals surface area contributed by atoms with E-state index in [1.165, 1.54) is 6.07 Å². The van der Waals surface area contributed by atoms with E-state index in [1.807, 2.05) is 0 Å². The molecule has 0 bridgehead atoms. The number of rotatable bonds is 8. The van der Waals surface area contributed by atoms with Gasteiger partial charge < -0.3 is 5.32 Å². The summed E-state index contributed by atoms with van der Waals surface area (Å²) >= 11 is 0. The second-order valence-electron chi connectivity index (χ2n) is 5.35. The molecule has 21 heavy (non-hydrogen) atoms. The van der Waals surface area contributed by atoms with Gasteiger partial charge in [0.05, 0.1) is 10.7 Å². The van der Waals surface area contributed by atoms with Gasteiger partial charge in [-0.1, -0.05) is 18.2 Å². The van der Waals surface area contributed by atoms with Crippen molar-refractivity contribution in [1.29, 1.82) is 0 Å². The SMILES string of the molecule is NS(=O)(=O)CCNC(Cc1ccccc1[N+](=O)[O-])C1CC1. The van der Waals surface area contributed by atoms with Crippen molar-refractivity contribution in [3.05, 3.63) is 39.9 Å². The first kappa shape index (κ1) is 15.9. The van der Waals surface area contributed by atoms with E-state index >= 15 is 0 Å². The predicted octanol–water partition coefficient (Wildman–Crippen LogP) is 0.794. The monoisotopic (exact) mass is 313 g/mol. The summed E-state index contributed by atoms with van der Waals surface area (Å²) < 4.78 is 21.9. The van der Waals surface area contributed by atoms with Crippen LogP contribution >= 0.6 is 0 Å². The average Bonchev–Trinajstić information content (AvgIpc) is 3.20. The molecule has 116 valence electrons. The number of nitrogens with zero attached hydrogens (tertiary/aromatic N) is 1. The van der Waals surface area contributed by atoms with E-state index in [0.29, 0.717) is 17.9 Å². The fraction of sp³-hybridized carbons (Fsp3) is 0.538. The van der Waals surface area contributed by atoms with Gasteiger partial charge in [-0.05, 0) is 25.2 Å². The van der Waals surface area contributed by atoms with E-state index in [9.17, 15) is 18.5 Å². The molecule has 0 radical (unpaired) electrons. The van der Waals surface area contributed by atoms with Crippen molar-refractivity contribution in [2.45, 2.75) is 25.3 Å². The number of sulfonamides is 1. The van der Waals surface area contributed by atoms with Crippen molar-refractivity contribution in [2.75, 3.05) is 12.3 Å². The fourth-order valence-corrected chi connectivity index (χ4v) is 2.79. The van der Waals surface area contributed by atoms with Crippen LogP contribution in [0.15, 0.2) is 24.3 Å². The first-order valence-corrected chi connectivity index (χ1v) is 8.54. The number of para-hydroxylation sites is 1. The molecule has 2 rings (SSSR count). The highest BCUT2D eigenvalue weighted by atomic mass is 32.2. The van der Waals surface area contributed by atoms with Crippen LogP contribution in [0.2, 0.25) is 0 Å². The highest BCUT2D eigenvalue weighted by molar-refractivity contribution is 7.89. The summed E-state index contributed by atoms with van der Waals surface area (Å²) in [5, 5.41) is 19.2. The minimum atomic E-state index is -3.49. The Morgan fingerprint density at radius 3 is 2.62 bits per heavy atom. The number of hydrogen-bond acceptors (Lipinski definition) is 5. The van der Waals surface area contributed by atoms with Crippen molar-refractivity contribution in [1.82, 2.24) is 5.32 Å². The van der Waals surface area contributed by atoms with Crippen LogP contribution in [0.1, 0.15) is 18.4 Å². The number of primary sulfonamides is 1. The highest BCUT2D eigenvalue weighted by Gasteiger charge is 2.32. The molecule has 0 aromatic heterocycles. The molecule has 1 aromatic rings. The zero-order chi connectivity index (χ0) is 15.5. The van der Waals surface area contributed by atoms with Gasteiger partial charge in [0, 0.05) is 24.2 Å². The number of nitrogens with two attached hydrogens (primary N) is 1. The lowest BCUT2D eigenvalue weighted by molar-refractivity contribution is -0.385. The van der Waals surface area contributed by atoms with E-state index < -0.39 is 10.0 Å². The first-order chi connectivity index (χ1) is 9.87. The molecule has 1 aromatic carbocycles. The van der Waals surface area contributed by atoms with Gasteiger partial charge in [-0.2, -0.15) is 0 Å². The highest BCUT2D eigenvalue weighted by Crippen LogP contribution is 2.35. The Morgan fingerprint density at radius 2 is 2.05 bits per heavy atom. The molecule has 1 fully saturated rings.